The summed E-state index contributed by atoms with van der Waals surface area (Å²) in [5.74, 6) is -3.19. The SMILES string of the molecule is C[C@@H](OC(=O)c1ccc(F)cc1F)C(=O)N1CCc2ccccc21. The number of hydrogen-bond acceptors (Lipinski definition) is 3. The van der Waals surface area contributed by atoms with Crippen LogP contribution in [0.4, 0.5) is 14.5 Å². The van der Waals surface area contributed by atoms with E-state index in [2.05, 4.69) is 0 Å². The second kappa shape index (κ2) is 6.39. The van der Waals surface area contributed by atoms with E-state index < -0.39 is 29.3 Å². The monoisotopic (exact) mass is 331 g/mol. The fourth-order valence-corrected chi connectivity index (χ4v) is 2.72. The zero-order valence-electron chi connectivity index (χ0n) is 13.0. The Balaban J connectivity index is 1.72. The Hall–Kier alpha value is -2.76. The van der Waals surface area contributed by atoms with E-state index in [4.69, 9.17) is 4.74 Å². The molecule has 1 aliphatic rings. The zero-order valence-corrected chi connectivity index (χ0v) is 13.0. The summed E-state index contributed by atoms with van der Waals surface area (Å²) in [5, 5.41) is 0. The van der Waals surface area contributed by atoms with Crippen LogP contribution in [0.15, 0.2) is 42.5 Å². The minimum Gasteiger partial charge on any atom is -0.449 e. The summed E-state index contributed by atoms with van der Waals surface area (Å²) in [6, 6.07) is 10.0. The number of nitrogens with zero attached hydrogens (tertiary/aromatic N) is 1. The smallest absolute Gasteiger partial charge is 0.341 e. The number of amides is 1. The topological polar surface area (TPSA) is 46.6 Å². The van der Waals surface area contributed by atoms with E-state index in [1.54, 1.807) is 4.90 Å². The Bertz CT molecular complexity index is 807. The van der Waals surface area contributed by atoms with Gasteiger partial charge in [-0.2, -0.15) is 0 Å². The minimum absolute atomic E-state index is 0.379. The molecule has 1 heterocycles. The highest BCUT2D eigenvalue weighted by molar-refractivity contribution is 6.00. The van der Waals surface area contributed by atoms with Gasteiger partial charge in [-0.1, -0.05) is 18.2 Å². The normalized spacial score (nSPS) is 14.2. The van der Waals surface area contributed by atoms with E-state index >= 15 is 0 Å². The number of carbonyl (C=O) groups excluding carboxylic acids is 2. The number of esters is 1. The lowest BCUT2D eigenvalue weighted by Gasteiger charge is -2.21. The molecule has 1 aliphatic heterocycles. The first-order valence-corrected chi connectivity index (χ1v) is 7.52. The number of rotatable bonds is 3. The van der Waals surface area contributed by atoms with Gasteiger partial charge in [0.05, 0.1) is 5.56 Å². The molecule has 0 aromatic heterocycles. The highest BCUT2D eigenvalue weighted by Gasteiger charge is 2.30. The van der Waals surface area contributed by atoms with Crippen molar-refractivity contribution >= 4 is 17.6 Å². The number of fused-ring (bicyclic) bond motifs is 1. The van der Waals surface area contributed by atoms with Crippen molar-refractivity contribution in [3.63, 3.8) is 0 Å². The maximum atomic E-state index is 13.6. The van der Waals surface area contributed by atoms with Crippen LogP contribution in [-0.4, -0.2) is 24.5 Å². The van der Waals surface area contributed by atoms with Gasteiger partial charge in [0, 0.05) is 18.3 Å². The molecule has 4 nitrogen and oxygen atoms in total. The van der Waals surface area contributed by atoms with E-state index in [9.17, 15) is 18.4 Å². The molecule has 1 atom stereocenters. The third-order valence-electron chi connectivity index (χ3n) is 3.94. The number of anilines is 1. The van der Waals surface area contributed by atoms with Crippen molar-refractivity contribution in [1.82, 2.24) is 0 Å². The lowest BCUT2D eigenvalue weighted by molar-refractivity contribution is -0.126. The Labute approximate surface area is 137 Å². The molecule has 6 heteroatoms. The molecule has 2 aromatic carbocycles. The lowest BCUT2D eigenvalue weighted by Crippen LogP contribution is -2.39. The van der Waals surface area contributed by atoms with Gasteiger partial charge in [-0.05, 0) is 37.1 Å². The van der Waals surface area contributed by atoms with Gasteiger partial charge < -0.3 is 9.64 Å². The number of benzene rings is 2. The van der Waals surface area contributed by atoms with Crippen molar-refractivity contribution in [1.29, 1.82) is 0 Å². The molecule has 0 spiro atoms. The predicted octanol–water partition coefficient (Wildman–Crippen LogP) is 3.10. The van der Waals surface area contributed by atoms with Gasteiger partial charge in [0.15, 0.2) is 6.10 Å². The Kier molecular flexibility index (Phi) is 4.29. The summed E-state index contributed by atoms with van der Waals surface area (Å²) in [6.45, 7) is 1.94. The molecule has 2 aromatic rings. The molecule has 124 valence electrons. The van der Waals surface area contributed by atoms with Gasteiger partial charge in [0.2, 0.25) is 0 Å². The van der Waals surface area contributed by atoms with E-state index in [1.165, 1.54) is 6.92 Å². The molecule has 24 heavy (non-hydrogen) atoms. The molecule has 0 bridgehead atoms. The van der Waals surface area contributed by atoms with Gasteiger partial charge in [0.1, 0.15) is 11.6 Å². The number of halogens is 2. The third-order valence-corrected chi connectivity index (χ3v) is 3.94. The van der Waals surface area contributed by atoms with Crippen LogP contribution in [0, 0.1) is 11.6 Å². The van der Waals surface area contributed by atoms with Gasteiger partial charge >= 0.3 is 5.97 Å². The lowest BCUT2D eigenvalue weighted by atomic mass is 10.2. The van der Waals surface area contributed by atoms with Crippen LogP contribution in [0.1, 0.15) is 22.8 Å². The second-order valence-corrected chi connectivity index (χ2v) is 5.54. The molecule has 3 rings (SSSR count). The van der Waals surface area contributed by atoms with Crippen molar-refractivity contribution in [2.45, 2.75) is 19.4 Å². The summed E-state index contributed by atoms with van der Waals surface area (Å²) in [5.41, 5.74) is 1.44. The summed E-state index contributed by atoms with van der Waals surface area (Å²) < 4.78 is 31.6. The first-order valence-electron chi connectivity index (χ1n) is 7.52. The maximum absolute atomic E-state index is 13.6. The molecule has 0 fully saturated rings. The molecule has 0 aliphatic carbocycles. The molecule has 0 radical (unpaired) electrons. The average Bonchev–Trinajstić information content (AvgIpc) is 2.97. The molecular formula is C18H15F2NO3. The molecule has 0 saturated heterocycles. The Morgan fingerprint density at radius 3 is 2.67 bits per heavy atom. The quantitative estimate of drug-likeness (QED) is 0.812. The van der Waals surface area contributed by atoms with Crippen molar-refractivity contribution in [3.8, 4) is 0 Å². The fraction of sp³-hybridized carbons (Fsp3) is 0.222. The predicted molar refractivity (Wildman–Crippen MR) is 83.7 cm³/mol. The van der Waals surface area contributed by atoms with Crippen LogP contribution in [0.5, 0.6) is 0 Å². The van der Waals surface area contributed by atoms with Crippen LogP contribution in [-0.2, 0) is 16.0 Å². The van der Waals surface area contributed by atoms with Crippen molar-refractivity contribution in [2.24, 2.45) is 0 Å². The first kappa shape index (κ1) is 16.1. The Morgan fingerprint density at radius 2 is 1.92 bits per heavy atom. The van der Waals surface area contributed by atoms with E-state index in [0.29, 0.717) is 12.6 Å². The van der Waals surface area contributed by atoms with Gasteiger partial charge in [-0.15, -0.1) is 0 Å². The summed E-state index contributed by atoms with van der Waals surface area (Å²) in [7, 11) is 0. The Morgan fingerprint density at radius 1 is 1.17 bits per heavy atom. The zero-order chi connectivity index (χ0) is 17.3. The minimum atomic E-state index is -1.08. The highest BCUT2D eigenvalue weighted by atomic mass is 19.1. The molecule has 0 unspecified atom stereocenters. The van der Waals surface area contributed by atoms with Gasteiger partial charge in [-0.3, -0.25) is 4.79 Å². The van der Waals surface area contributed by atoms with Gasteiger partial charge in [0.25, 0.3) is 5.91 Å². The molecular weight excluding hydrogens is 316 g/mol. The van der Waals surface area contributed by atoms with Crippen molar-refractivity contribution in [2.75, 3.05) is 11.4 Å². The number of carbonyl (C=O) groups is 2. The fourth-order valence-electron chi connectivity index (χ4n) is 2.72. The second-order valence-electron chi connectivity index (χ2n) is 5.54. The van der Waals surface area contributed by atoms with Crippen LogP contribution >= 0.6 is 0 Å². The highest BCUT2D eigenvalue weighted by Crippen LogP contribution is 2.28. The maximum Gasteiger partial charge on any atom is 0.341 e. The summed E-state index contributed by atoms with van der Waals surface area (Å²) in [6.07, 6.45) is -0.345. The summed E-state index contributed by atoms with van der Waals surface area (Å²) in [4.78, 5) is 26.1. The standard InChI is InChI=1S/C18H15F2NO3/c1-11(24-18(23)14-7-6-13(19)10-15(14)20)17(22)21-9-8-12-4-2-3-5-16(12)21/h2-7,10-11H,8-9H2,1H3/t11-/m1/s1. The summed E-state index contributed by atoms with van der Waals surface area (Å²) >= 11 is 0. The van der Waals surface area contributed by atoms with Crippen molar-refractivity contribution < 1.29 is 23.1 Å². The van der Waals surface area contributed by atoms with Crippen molar-refractivity contribution in [3.05, 3.63) is 65.2 Å². The van der Waals surface area contributed by atoms with Crippen LogP contribution < -0.4 is 4.90 Å². The van der Waals surface area contributed by atoms with Crippen LogP contribution in [0.3, 0.4) is 0 Å². The van der Waals surface area contributed by atoms with E-state index in [-0.39, 0.29) is 5.91 Å². The molecule has 0 N–H and O–H groups in total. The third kappa shape index (κ3) is 2.99. The first-order chi connectivity index (χ1) is 11.5. The van der Waals surface area contributed by atoms with E-state index in [0.717, 1.165) is 29.8 Å². The molecule has 1 amide bonds. The number of hydrogen-bond donors (Lipinski definition) is 0. The average molecular weight is 331 g/mol. The van der Waals surface area contributed by atoms with Gasteiger partial charge in [-0.25, -0.2) is 13.6 Å². The molecule has 0 saturated carbocycles. The number of ether oxygens (including phenoxy) is 1. The largest absolute Gasteiger partial charge is 0.449 e. The van der Waals surface area contributed by atoms with Crippen LogP contribution in [0.25, 0.3) is 0 Å². The van der Waals surface area contributed by atoms with E-state index in [1.807, 2.05) is 24.3 Å². The number of para-hydroxylation sites is 1. The van der Waals surface area contributed by atoms with Crippen LogP contribution in [0.2, 0.25) is 0 Å².